The van der Waals surface area contributed by atoms with Crippen LogP contribution in [-0.2, 0) is 32.6 Å². The van der Waals surface area contributed by atoms with Gasteiger partial charge in [0, 0.05) is 35.0 Å². The maximum atomic E-state index is 13.2. The fourth-order valence-electron chi connectivity index (χ4n) is 6.75. The maximum Gasteiger partial charge on any atom is 0.326 e. The number of anilines is 1. The van der Waals surface area contributed by atoms with Gasteiger partial charge >= 0.3 is 10.2 Å². The smallest absolute Gasteiger partial charge is 0.326 e. The summed E-state index contributed by atoms with van der Waals surface area (Å²) in [5, 5.41) is 0.967. The van der Waals surface area contributed by atoms with E-state index in [1.807, 2.05) is 51.9 Å². The molecular formula is C38H36Cl2N4O4S2. The van der Waals surface area contributed by atoms with Crippen molar-refractivity contribution in [1.29, 1.82) is 0 Å². The zero-order chi connectivity index (χ0) is 34.8. The highest BCUT2D eigenvalue weighted by molar-refractivity contribution is 7.92. The van der Waals surface area contributed by atoms with Crippen LogP contribution in [0.4, 0.5) is 5.69 Å². The zero-order valence-corrected chi connectivity index (χ0v) is 30.4. The molecule has 258 valence electrons. The summed E-state index contributed by atoms with van der Waals surface area (Å²) in [5.41, 5.74) is 5.41. The number of hydrogen-bond donors (Lipinski definition) is 1. The summed E-state index contributed by atoms with van der Waals surface area (Å²) in [6.45, 7) is -0.292. The SMILES string of the molecule is O=C1CN(c2cccc(-n3cc(-c4ccc(Cl)cc4Cl)nc3Cc3ccc(-c4cccc([S+]([O-])CCC5CCCCC5)c4)cc3)c2)S(=O)(=O)N1. The molecule has 1 aliphatic carbocycles. The van der Waals surface area contributed by atoms with Crippen molar-refractivity contribution in [1.82, 2.24) is 14.3 Å². The molecule has 0 bridgehead atoms. The molecule has 2 fully saturated rings. The third-order valence-corrected chi connectivity index (χ3v) is 12.7. The van der Waals surface area contributed by atoms with Crippen LogP contribution >= 0.6 is 23.2 Å². The maximum absolute atomic E-state index is 13.2. The minimum absolute atomic E-state index is 0.292. The molecule has 1 aromatic heterocycles. The molecule has 2 aliphatic rings. The Kier molecular flexibility index (Phi) is 10.3. The number of nitrogens with zero attached hydrogens (tertiary/aromatic N) is 3. The number of benzene rings is 4. The van der Waals surface area contributed by atoms with Crippen molar-refractivity contribution in [3.8, 4) is 28.1 Å². The van der Waals surface area contributed by atoms with E-state index in [9.17, 15) is 17.8 Å². The lowest BCUT2D eigenvalue weighted by molar-refractivity contribution is -0.117. The van der Waals surface area contributed by atoms with Gasteiger partial charge in [-0.25, -0.2) is 14.0 Å². The summed E-state index contributed by atoms with van der Waals surface area (Å²) in [6.07, 6.45) is 9.77. The Morgan fingerprint density at radius 1 is 0.880 bits per heavy atom. The van der Waals surface area contributed by atoms with Crippen LogP contribution in [0.5, 0.6) is 0 Å². The van der Waals surface area contributed by atoms with Crippen LogP contribution in [0.25, 0.3) is 28.1 Å². The third kappa shape index (κ3) is 7.75. The Morgan fingerprint density at radius 3 is 2.38 bits per heavy atom. The molecule has 2 heterocycles. The predicted molar refractivity (Wildman–Crippen MR) is 201 cm³/mol. The number of amides is 1. The number of carbonyl (C=O) groups is 1. The van der Waals surface area contributed by atoms with Gasteiger partial charge in [0.2, 0.25) is 0 Å². The van der Waals surface area contributed by atoms with Crippen LogP contribution < -0.4 is 9.03 Å². The van der Waals surface area contributed by atoms with E-state index in [2.05, 4.69) is 24.3 Å². The first-order valence-corrected chi connectivity index (χ1v) is 20.2. The average Bonchev–Trinajstić information content (AvgIpc) is 3.66. The monoisotopic (exact) mass is 746 g/mol. The molecule has 8 nitrogen and oxygen atoms in total. The van der Waals surface area contributed by atoms with Gasteiger partial charge in [-0.1, -0.05) is 97.8 Å². The largest absolute Gasteiger partial charge is 0.611 e. The van der Waals surface area contributed by atoms with Gasteiger partial charge in [0.25, 0.3) is 5.91 Å². The second-order valence-corrected chi connectivity index (χ2v) is 16.8. The molecule has 1 saturated carbocycles. The minimum Gasteiger partial charge on any atom is -0.611 e. The predicted octanol–water partition coefficient (Wildman–Crippen LogP) is 8.36. The fraction of sp³-hybridized carbons (Fsp3) is 0.263. The number of rotatable bonds is 10. The summed E-state index contributed by atoms with van der Waals surface area (Å²) >= 11 is 11.7. The number of aromatic nitrogens is 2. The van der Waals surface area contributed by atoms with Gasteiger partial charge in [-0.3, -0.25) is 4.79 Å². The summed E-state index contributed by atoms with van der Waals surface area (Å²) in [7, 11) is -3.97. The molecule has 1 saturated heterocycles. The zero-order valence-electron chi connectivity index (χ0n) is 27.2. The standard InChI is InChI=1S/C38H36Cl2N4O4S2/c39-30-16-17-34(35(40)22-30)36-24-43(31-9-5-10-32(23-31)44-25-38(45)42-50(44,47)48)37(41-36)20-27-12-14-28(15-13-27)29-8-4-11-33(21-29)49(46)19-18-26-6-2-1-3-7-26/h4-5,8-17,21-24,26H,1-3,6-7,18-20,25H2,(H,42,45). The van der Waals surface area contributed by atoms with Crippen molar-refractivity contribution in [3.05, 3.63) is 119 Å². The van der Waals surface area contributed by atoms with E-state index in [0.29, 0.717) is 56.6 Å². The Bertz CT molecular complexity index is 2130. The van der Waals surface area contributed by atoms with Gasteiger partial charge < -0.3 is 9.12 Å². The summed E-state index contributed by atoms with van der Waals surface area (Å²) in [5.74, 6) is 1.52. The molecule has 1 unspecified atom stereocenters. The molecule has 1 amide bonds. The molecular weight excluding hydrogens is 711 g/mol. The van der Waals surface area contributed by atoms with Crippen LogP contribution in [0.3, 0.4) is 0 Å². The highest BCUT2D eigenvalue weighted by atomic mass is 35.5. The number of hydrogen-bond acceptors (Lipinski definition) is 5. The molecule has 0 spiro atoms. The Morgan fingerprint density at radius 2 is 1.64 bits per heavy atom. The van der Waals surface area contributed by atoms with Crippen LogP contribution in [0.1, 0.15) is 49.9 Å². The minimum atomic E-state index is -3.97. The highest BCUT2D eigenvalue weighted by Crippen LogP contribution is 2.33. The summed E-state index contributed by atoms with van der Waals surface area (Å²) in [4.78, 5) is 17.8. The second-order valence-electron chi connectivity index (χ2n) is 12.8. The molecule has 5 aromatic rings. The van der Waals surface area contributed by atoms with E-state index in [-0.39, 0.29) is 6.54 Å². The molecule has 0 radical (unpaired) electrons. The molecule has 12 heteroatoms. The van der Waals surface area contributed by atoms with Crippen molar-refractivity contribution in [2.24, 2.45) is 5.92 Å². The molecule has 4 aromatic carbocycles. The third-order valence-electron chi connectivity index (χ3n) is 9.38. The van der Waals surface area contributed by atoms with Crippen molar-refractivity contribution >= 4 is 56.2 Å². The van der Waals surface area contributed by atoms with Crippen molar-refractivity contribution in [2.45, 2.75) is 49.8 Å². The van der Waals surface area contributed by atoms with Crippen molar-refractivity contribution in [3.63, 3.8) is 0 Å². The first-order valence-electron chi connectivity index (χ1n) is 16.7. The van der Waals surface area contributed by atoms with E-state index < -0.39 is 27.3 Å². The molecule has 1 N–H and O–H groups in total. The Hall–Kier alpha value is -3.80. The number of imidazole rings is 1. The van der Waals surface area contributed by atoms with Gasteiger partial charge in [0.1, 0.15) is 18.1 Å². The molecule has 1 atom stereocenters. The van der Waals surface area contributed by atoms with Crippen molar-refractivity contribution < 1.29 is 17.8 Å². The van der Waals surface area contributed by atoms with Crippen molar-refractivity contribution in [2.75, 3.05) is 16.6 Å². The Labute approximate surface area is 305 Å². The highest BCUT2D eigenvalue weighted by Gasteiger charge is 2.34. The Balaban J connectivity index is 1.15. The topological polar surface area (TPSA) is 107 Å². The lowest BCUT2D eigenvalue weighted by Gasteiger charge is -2.22. The van der Waals surface area contributed by atoms with Gasteiger partial charge in [-0.05, 0) is 82.7 Å². The van der Waals surface area contributed by atoms with E-state index in [0.717, 1.165) is 32.3 Å². The van der Waals surface area contributed by atoms with E-state index >= 15 is 0 Å². The van der Waals surface area contributed by atoms with E-state index in [4.69, 9.17) is 28.2 Å². The fourth-order valence-corrected chi connectivity index (χ4v) is 9.67. The lowest BCUT2D eigenvalue weighted by atomic mass is 9.88. The number of halogens is 2. The first kappa shape index (κ1) is 34.6. The molecule has 1 aliphatic heterocycles. The van der Waals surface area contributed by atoms with Gasteiger partial charge in [0.15, 0.2) is 4.90 Å². The summed E-state index contributed by atoms with van der Waals surface area (Å²) in [6, 6.07) is 28.5. The normalized spacial score (nSPS) is 16.8. The van der Waals surface area contributed by atoms with Gasteiger partial charge in [-0.15, -0.1) is 0 Å². The van der Waals surface area contributed by atoms with E-state index in [1.54, 1.807) is 30.3 Å². The average molecular weight is 748 g/mol. The quantitative estimate of drug-likeness (QED) is 0.145. The van der Waals surface area contributed by atoms with E-state index in [1.165, 1.54) is 32.1 Å². The first-order chi connectivity index (χ1) is 24.1. The number of nitrogens with one attached hydrogen (secondary N) is 1. The second kappa shape index (κ2) is 14.8. The van der Waals surface area contributed by atoms with Crippen LogP contribution in [-0.4, -0.2) is 40.7 Å². The molecule has 7 rings (SSSR count). The van der Waals surface area contributed by atoms with Crippen LogP contribution in [0.15, 0.2) is 102 Å². The lowest BCUT2D eigenvalue weighted by Crippen LogP contribution is -2.29. The summed E-state index contributed by atoms with van der Waals surface area (Å²) < 4.78 is 43.3. The molecule has 50 heavy (non-hydrogen) atoms. The van der Waals surface area contributed by atoms with Gasteiger partial charge in [-0.2, -0.15) is 8.42 Å². The van der Waals surface area contributed by atoms with Crippen LogP contribution in [0.2, 0.25) is 10.0 Å². The van der Waals surface area contributed by atoms with Crippen LogP contribution in [0, 0.1) is 5.92 Å². The number of carbonyl (C=O) groups excluding carboxylic acids is 1. The van der Waals surface area contributed by atoms with Gasteiger partial charge in [0.05, 0.1) is 16.4 Å².